The minimum atomic E-state index is 0.582. The first-order chi connectivity index (χ1) is 21.7. The van der Waals surface area contributed by atoms with Gasteiger partial charge in [0.15, 0.2) is 0 Å². The Labute approximate surface area is 254 Å². The zero-order chi connectivity index (χ0) is 29.6. The Bertz CT molecular complexity index is 2280. The lowest BCUT2D eigenvalue weighted by Crippen LogP contribution is -2.05. The summed E-state index contributed by atoms with van der Waals surface area (Å²) in [5.41, 5.74) is 25.4. The van der Waals surface area contributed by atoms with Crippen molar-refractivity contribution < 1.29 is 0 Å². The van der Waals surface area contributed by atoms with Crippen LogP contribution in [0.15, 0.2) is 146 Å². The third-order valence-electron chi connectivity index (χ3n) is 8.15. The van der Waals surface area contributed by atoms with Gasteiger partial charge in [0.05, 0.1) is 45.2 Å². The molecule has 8 rings (SSSR count). The Kier molecular flexibility index (Phi) is 5.98. The fourth-order valence-corrected chi connectivity index (χ4v) is 6.13. The maximum atomic E-state index is 7.02. The second-order valence-corrected chi connectivity index (χ2v) is 10.7. The van der Waals surface area contributed by atoms with Crippen LogP contribution in [0.4, 0.5) is 11.4 Å². The molecule has 0 unspecified atom stereocenters. The maximum Gasteiger partial charge on any atom is 0.112 e. The van der Waals surface area contributed by atoms with E-state index in [4.69, 9.17) is 16.5 Å². The predicted octanol–water partition coefficient (Wildman–Crippen LogP) is 8.53. The molecule has 0 fully saturated rings. The van der Waals surface area contributed by atoms with Crippen molar-refractivity contribution in [3.8, 4) is 45.3 Å². The fourth-order valence-electron chi connectivity index (χ4n) is 6.13. The highest BCUT2D eigenvalue weighted by Crippen LogP contribution is 2.45. The molecule has 0 bridgehead atoms. The number of nitrogen functional groups attached to an aromatic ring is 2. The van der Waals surface area contributed by atoms with Gasteiger partial charge >= 0.3 is 0 Å². The molecule has 8 aromatic rings. The second kappa shape index (κ2) is 10.3. The van der Waals surface area contributed by atoms with Gasteiger partial charge in [-0.15, -0.1) is 0 Å². The van der Waals surface area contributed by atoms with Crippen LogP contribution in [0.2, 0.25) is 0 Å². The Hall–Kier alpha value is -6.14. The zero-order valence-corrected chi connectivity index (χ0v) is 23.8. The molecular weight excluding hydrogens is 540 g/mol. The standard InChI is InChI=1S/C38H28N6/c39-34-29-15-7-8-18-32(29)43(28-22-20-26(21-23-28)31-17-9-16-30(42-31)25-11-3-1-4-12-25)37(34)38-35(40)36-33(19-10-24-41-36)44(38)27-13-5-2-6-14-27/h1-24H,39-40H2. The lowest BCUT2D eigenvalue weighted by Gasteiger charge is -2.16. The van der Waals surface area contributed by atoms with Crippen molar-refractivity contribution in [1.29, 1.82) is 0 Å². The monoisotopic (exact) mass is 568 g/mol. The number of nitrogens with zero attached hydrogens (tertiary/aromatic N) is 4. The van der Waals surface area contributed by atoms with Gasteiger partial charge < -0.3 is 20.6 Å². The summed E-state index contributed by atoms with van der Waals surface area (Å²) in [5.74, 6) is 0. The number of fused-ring (bicyclic) bond motifs is 2. The third kappa shape index (κ3) is 4.04. The van der Waals surface area contributed by atoms with E-state index in [1.165, 1.54) is 0 Å². The highest BCUT2D eigenvalue weighted by atomic mass is 15.1. The first kappa shape index (κ1) is 25.6. The van der Waals surface area contributed by atoms with Gasteiger partial charge in [-0.3, -0.25) is 4.98 Å². The van der Waals surface area contributed by atoms with E-state index >= 15 is 0 Å². The van der Waals surface area contributed by atoms with Crippen LogP contribution in [0.1, 0.15) is 0 Å². The van der Waals surface area contributed by atoms with Crippen molar-refractivity contribution in [3.05, 3.63) is 146 Å². The molecule has 0 spiro atoms. The summed E-state index contributed by atoms with van der Waals surface area (Å²) in [6.07, 6.45) is 1.77. The lowest BCUT2D eigenvalue weighted by molar-refractivity contribution is 1.07. The summed E-state index contributed by atoms with van der Waals surface area (Å²) < 4.78 is 4.36. The molecule has 0 radical (unpaired) electrons. The van der Waals surface area contributed by atoms with E-state index in [0.717, 1.165) is 67.2 Å². The van der Waals surface area contributed by atoms with E-state index in [2.05, 4.69) is 80.8 Å². The molecular formula is C38H28N6. The Morgan fingerprint density at radius 3 is 1.77 bits per heavy atom. The average molecular weight is 569 g/mol. The summed E-state index contributed by atoms with van der Waals surface area (Å²) in [6, 6.07) is 47.2. The van der Waals surface area contributed by atoms with Crippen LogP contribution in [0.25, 0.3) is 67.2 Å². The summed E-state index contributed by atoms with van der Waals surface area (Å²) in [7, 11) is 0. The zero-order valence-electron chi connectivity index (χ0n) is 23.8. The van der Waals surface area contributed by atoms with Crippen molar-refractivity contribution in [2.75, 3.05) is 11.5 Å². The number of pyridine rings is 2. The summed E-state index contributed by atoms with van der Waals surface area (Å²) in [5, 5.41) is 0.959. The van der Waals surface area contributed by atoms with Crippen LogP contribution < -0.4 is 11.5 Å². The summed E-state index contributed by atoms with van der Waals surface area (Å²) in [4.78, 5) is 9.63. The first-order valence-electron chi connectivity index (χ1n) is 14.5. The van der Waals surface area contributed by atoms with Gasteiger partial charge in [-0.2, -0.15) is 0 Å². The number of hydrogen-bond acceptors (Lipinski definition) is 4. The van der Waals surface area contributed by atoms with Crippen LogP contribution in [0, 0.1) is 0 Å². The lowest BCUT2D eigenvalue weighted by atomic mass is 10.1. The molecule has 44 heavy (non-hydrogen) atoms. The van der Waals surface area contributed by atoms with Crippen LogP contribution in [0.5, 0.6) is 0 Å². The number of rotatable bonds is 5. The van der Waals surface area contributed by atoms with Gasteiger partial charge in [-0.25, -0.2) is 4.98 Å². The number of benzene rings is 4. The summed E-state index contributed by atoms with van der Waals surface area (Å²) >= 11 is 0. The van der Waals surface area contributed by atoms with Gasteiger partial charge in [-0.05, 0) is 54.6 Å². The minimum Gasteiger partial charge on any atom is -0.396 e. The van der Waals surface area contributed by atoms with Crippen molar-refractivity contribution in [1.82, 2.24) is 19.1 Å². The van der Waals surface area contributed by atoms with E-state index < -0.39 is 0 Å². The Morgan fingerprint density at radius 1 is 0.455 bits per heavy atom. The van der Waals surface area contributed by atoms with E-state index in [0.29, 0.717) is 11.4 Å². The van der Waals surface area contributed by atoms with Gasteiger partial charge in [0.25, 0.3) is 0 Å². The molecule has 4 N–H and O–H groups in total. The van der Waals surface area contributed by atoms with Crippen molar-refractivity contribution >= 4 is 33.3 Å². The SMILES string of the molecule is Nc1c(-c2c(N)c3ncccc3n2-c2ccccc2)n(-c2ccc(-c3cccc(-c4ccccc4)n3)cc2)c2ccccc12. The number of aromatic nitrogens is 4. The molecule has 0 saturated heterocycles. The molecule has 4 aromatic carbocycles. The number of nitrogens with two attached hydrogens (primary N) is 2. The smallest absolute Gasteiger partial charge is 0.112 e. The van der Waals surface area contributed by atoms with Crippen LogP contribution >= 0.6 is 0 Å². The molecule has 6 heteroatoms. The highest BCUT2D eigenvalue weighted by molar-refractivity contribution is 6.08. The van der Waals surface area contributed by atoms with Gasteiger partial charge in [-0.1, -0.05) is 84.9 Å². The first-order valence-corrected chi connectivity index (χ1v) is 14.5. The van der Waals surface area contributed by atoms with Crippen molar-refractivity contribution in [2.45, 2.75) is 0 Å². The predicted molar refractivity (Wildman–Crippen MR) is 181 cm³/mol. The van der Waals surface area contributed by atoms with Crippen LogP contribution in [-0.4, -0.2) is 19.1 Å². The van der Waals surface area contributed by atoms with Crippen LogP contribution in [-0.2, 0) is 0 Å². The third-order valence-corrected chi connectivity index (χ3v) is 8.15. The van der Waals surface area contributed by atoms with Crippen molar-refractivity contribution in [3.63, 3.8) is 0 Å². The number of para-hydroxylation sites is 2. The molecule has 0 saturated carbocycles. The average Bonchev–Trinajstić information content (AvgIpc) is 3.55. The maximum absolute atomic E-state index is 7.02. The molecule has 0 aliphatic heterocycles. The number of anilines is 2. The topological polar surface area (TPSA) is 87.7 Å². The molecule has 6 nitrogen and oxygen atoms in total. The van der Waals surface area contributed by atoms with Crippen molar-refractivity contribution in [2.24, 2.45) is 0 Å². The molecule has 210 valence electrons. The fraction of sp³-hybridized carbons (Fsp3) is 0. The molecule has 4 heterocycles. The quantitative estimate of drug-likeness (QED) is 0.218. The van der Waals surface area contributed by atoms with Gasteiger partial charge in [0.2, 0.25) is 0 Å². The molecule has 4 aromatic heterocycles. The molecule has 0 atom stereocenters. The summed E-state index contributed by atoms with van der Waals surface area (Å²) in [6.45, 7) is 0. The Balaban J connectivity index is 1.34. The van der Waals surface area contributed by atoms with Gasteiger partial charge in [0, 0.05) is 34.1 Å². The highest BCUT2D eigenvalue weighted by Gasteiger charge is 2.26. The molecule has 0 aliphatic rings. The Morgan fingerprint density at radius 2 is 1.02 bits per heavy atom. The van der Waals surface area contributed by atoms with E-state index in [1.807, 2.05) is 72.8 Å². The molecule has 0 aliphatic carbocycles. The van der Waals surface area contributed by atoms with E-state index in [-0.39, 0.29) is 0 Å². The van der Waals surface area contributed by atoms with E-state index in [1.54, 1.807) is 6.20 Å². The minimum absolute atomic E-state index is 0.582. The number of hydrogen-bond donors (Lipinski definition) is 2. The van der Waals surface area contributed by atoms with Gasteiger partial charge in [0.1, 0.15) is 5.52 Å². The normalized spacial score (nSPS) is 11.4. The largest absolute Gasteiger partial charge is 0.396 e. The van der Waals surface area contributed by atoms with E-state index in [9.17, 15) is 0 Å². The molecule has 0 amide bonds. The van der Waals surface area contributed by atoms with Crippen LogP contribution in [0.3, 0.4) is 0 Å². The second-order valence-electron chi connectivity index (χ2n) is 10.7.